The number of aryl methyl sites for hydroxylation is 1. The van der Waals surface area contributed by atoms with Crippen molar-refractivity contribution in [3.8, 4) is 0 Å². The summed E-state index contributed by atoms with van der Waals surface area (Å²) < 4.78 is 2.12. The number of rotatable bonds is 2. The monoisotopic (exact) mass is 322 g/mol. The second kappa shape index (κ2) is 5.18. The molecule has 4 amide bonds. The second-order valence-electron chi connectivity index (χ2n) is 5.93. The van der Waals surface area contributed by atoms with Gasteiger partial charge in [-0.2, -0.15) is 0 Å². The molecule has 0 atom stereocenters. The lowest BCUT2D eigenvalue weighted by Gasteiger charge is -2.39. The average Bonchev–Trinajstić information content (AvgIpc) is 2.52. The number of imide groups is 2. The van der Waals surface area contributed by atoms with Crippen LogP contribution in [0.15, 0.2) is 15.8 Å². The first-order valence-corrected chi connectivity index (χ1v) is 6.88. The summed E-state index contributed by atoms with van der Waals surface area (Å²) >= 11 is 0. The molecule has 0 spiro atoms. The van der Waals surface area contributed by atoms with Crippen molar-refractivity contribution >= 4 is 17.8 Å². The molecular formula is C14H18N4O5. The van der Waals surface area contributed by atoms with E-state index < -0.39 is 34.5 Å². The highest BCUT2D eigenvalue weighted by Gasteiger charge is 2.52. The van der Waals surface area contributed by atoms with Crippen molar-refractivity contribution in [2.24, 2.45) is 19.5 Å². The van der Waals surface area contributed by atoms with Gasteiger partial charge in [0.25, 0.3) is 5.56 Å². The maximum atomic E-state index is 12.4. The van der Waals surface area contributed by atoms with E-state index >= 15 is 0 Å². The van der Waals surface area contributed by atoms with Gasteiger partial charge in [-0.3, -0.25) is 28.8 Å². The average molecular weight is 322 g/mol. The number of aromatic nitrogens is 2. The van der Waals surface area contributed by atoms with Crippen molar-refractivity contribution in [2.45, 2.75) is 13.3 Å². The van der Waals surface area contributed by atoms with E-state index in [9.17, 15) is 24.0 Å². The lowest BCUT2D eigenvalue weighted by Crippen LogP contribution is -2.63. The number of amides is 4. The van der Waals surface area contributed by atoms with Crippen molar-refractivity contribution in [2.75, 3.05) is 14.1 Å². The molecule has 23 heavy (non-hydrogen) atoms. The summed E-state index contributed by atoms with van der Waals surface area (Å²) in [6.45, 7) is 1.39. The molecule has 0 unspecified atom stereocenters. The number of nitrogens with zero attached hydrogens (tertiary/aromatic N) is 4. The van der Waals surface area contributed by atoms with Gasteiger partial charge < -0.3 is 4.57 Å². The van der Waals surface area contributed by atoms with Crippen LogP contribution in [0.3, 0.4) is 0 Å². The smallest absolute Gasteiger partial charge is 0.303 e. The second-order valence-corrected chi connectivity index (χ2v) is 5.93. The van der Waals surface area contributed by atoms with Crippen LogP contribution in [0.5, 0.6) is 0 Å². The standard InChI is InChI=1S/C14H18N4O5/c1-14(10(20)17(4)13(23)18(5)11(14)21)6-8-7-15(2)12(22)16(3)9(8)19/h7H,6H2,1-5H3. The number of hydrogen-bond donors (Lipinski definition) is 0. The fourth-order valence-corrected chi connectivity index (χ4v) is 2.77. The lowest BCUT2D eigenvalue weighted by atomic mass is 9.80. The van der Waals surface area contributed by atoms with Crippen molar-refractivity contribution in [3.05, 3.63) is 32.6 Å². The summed E-state index contributed by atoms with van der Waals surface area (Å²) in [5.74, 6) is -1.36. The molecular weight excluding hydrogens is 304 g/mol. The minimum Gasteiger partial charge on any atom is -0.303 e. The maximum absolute atomic E-state index is 12.4. The van der Waals surface area contributed by atoms with Crippen molar-refractivity contribution in [1.29, 1.82) is 0 Å². The molecule has 2 heterocycles. The molecule has 1 aromatic heterocycles. The molecule has 1 aromatic rings. The Labute approximate surface area is 131 Å². The summed E-state index contributed by atoms with van der Waals surface area (Å²) in [7, 11) is 5.36. The minimum atomic E-state index is -1.58. The van der Waals surface area contributed by atoms with Crippen LogP contribution < -0.4 is 11.2 Å². The fourth-order valence-electron chi connectivity index (χ4n) is 2.77. The number of carbonyl (C=O) groups excluding carboxylic acids is 3. The van der Waals surface area contributed by atoms with Crippen molar-refractivity contribution in [1.82, 2.24) is 18.9 Å². The Morgan fingerprint density at radius 3 is 1.87 bits per heavy atom. The van der Waals surface area contributed by atoms with E-state index in [0.717, 1.165) is 14.4 Å². The first-order chi connectivity index (χ1) is 10.5. The number of urea groups is 1. The van der Waals surface area contributed by atoms with E-state index in [4.69, 9.17) is 0 Å². The Balaban J connectivity index is 2.56. The molecule has 1 fully saturated rings. The Kier molecular flexibility index (Phi) is 3.75. The Morgan fingerprint density at radius 1 is 0.913 bits per heavy atom. The molecule has 1 aliphatic rings. The van der Waals surface area contributed by atoms with Crippen LogP contribution in [0.2, 0.25) is 0 Å². The van der Waals surface area contributed by atoms with Gasteiger partial charge in [0, 0.05) is 46.4 Å². The summed E-state index contributed by atoms with van der Waals surface area (Å²) in [6.07, 6.45) is 1.11. The molecule has 124 valence electrons. The number of carbonyl (C=O) groups is 3. The molecule has 0 saturated carbocycles. The summed E-state index contributed by atoms with van der Waals surface area (Å²) in [4.78, 5) is 62.4. The molecule has 0 aromatic carbocycles. The normalized spacial score (nSPS) is 17.9. The maximum Gasteiger partial charge on any atom is 0.332 e. The van der Waals surface area contributed by atoms with Crippen LogP contribution in [0.4, 0.5) is 4.79 Å². The van der Waals surface area contributed by atoms with Gasteiger partial charge in [-0.15, -0.1) is 0 Å². The summed E-state index contributed by atoms with van der Waals surface area (Å²) in [5, 5.41) is 0. The molecule has 9 nitrogen and oxygen atoms in total. The molecule has 9 heteroatoms. The largest absolute Gasteiger partial charge is 0.332 e. The van der Waals surface area contributed by atoms with Crippen LogP contribution in [0.25, 0.3) is 0 Å². The highest BCUT2D eigenvalue weighted by molar-refractivity contribution is 6.18. The Morgan fingerprint density at radius 2 is 1.39 bits per heavy atom. The van der Waals surface area contributed by atoms with E-state index in [1.54, 1.807) is 0 Å². The molecule has 0 bridgehead atoms. The number of barbiturate groups is 1. The van der Waals surface area contributed by atoms with Gasteiger partial charge in [-0.05, 0) is 6.92 Å². The first-order valence-electron chi connectivity index (χ1n) is 6.88. The van der Waals surface area contributed by atoms with Gasteiger partial charge in [-0.25, -0.2) is 9.59 Å². The third kappa shape index (κ3) is 2.28. The summed E-state index contributed by atoms with van der Waals surface area (Å²) in [6, 6.07) is -0.717. The Hall–Kier alpha value is -2.71. The van der Waals surface area contributed by atoms with Gasteiger partial charge in [0.2, 0.25) is 11.8 Å². The minimum absolute atomic E-state index is 0.148. The quantitative estimate of drug-likeness (QED) is 0.629. The van der Waals surface area contributed by atoms with Crippen LogP contribution in [0.1, 0.15) is 12.5 Å². The zero-order valence-corrected chi connectivity index (χ0v) is 13.6. The zero-order valence-electron chi connectivity index (χ0n) is 13.6. The van der Waals surface area contributed by atoms with Gasteiger partial charge in [-0.1, -0.05) is 0 Å². The molecule has 2 rings (SSSR count). The highest BCUT2D eigenvalue weighted by atomic mass is 16.2. The van der Waals surface area contributed by atoms with Gasteiger partial charge >= 0.3 is 11.7 Å². The predicted molar refractivity (Wildman–Crippen MR) is 79.7 cm³/mol. The van der Waals surface area contributed by atoms with E-state index in [1.165, 1.54) is 45.9 Å². The molecule has 0 N–H and O–H groups in total. The lowest BCUT2D eigenvalue weighted by molar-refractivity contribution is -0.155. The summed E-state index contributed by atoms with van der Waals surface area (Å²) in [5.41, 5.74) is -2.51. The molecule has 0 radical (unpaired) electrons. The molecule has 0 aliphatic carbocycles. The third-order valence-electron chi connectivity index (χ3n) is 4.19. The highest BCUT2D eigenvalue weighted by Crippen LogP contribution is 2.30. The topological polar surface area (TPSA) is 102 Å². The van der Waals surface area contributed by atoms with Crippen molar-refractivity contribution in [3.63, 3.8) is 0 Å². The fraction of sp³-hybridized carbons (Fsp3) is 0.500. The SMILES string of the molecule is CN1C(=O)N(C)C(=O)C(C)(Cc2cn(C)c(=O)n(C)c2=O)C1=O. The van der Waals surface area contributed by atoms with Crippen LogP contribution in [0, 0.1) is 5.41 Å². The van der Waals surface area contributed by atoms with E-state index in [2.05, 4.69) is 0 Å². The predicted octanol–water partition coefficient (Wildman–Crippen LogP) is -1.32. The van der Waals surface area contributed by atoms with Gasteiger partial charge in [0.05, 0.1) is 0 Å². The number of hydrogen-bond acceptors (Lipinski definition) is 5. The third-order valence-corrected chi connectivity index (χ3v) is 4.19. The zero-order chi connectivity index (χ0) is 17.7. The van der Waals surface area contributed by atoms with Crippen LogP contribution in [-0.2, 0) is 30.1 Å². The first kappa shape index (κ1) is 16.7. The molecule has 1 aliphatic heterocycles. The van der Waals surface area contributed by atoms with Crippen LogP contribution >= 0.6 is 0 Å². The van der Waals surface area contributed by atoms with E-state index in [-0.39, 0.29) is 12.0 Å². The van der Waals surface area contributed by atoms with E-state index in [1.807, 2.05) is 0 Å². The Bertz CT molecular complexity index is 811. The van der Waals surface area contributed by atoms with E-state index in [0.29, 0.717) is 0 Å². The van der Waals surface area contributed by atoms with Crippen molar-refractivity contribution < 1.29 is 14.4 Å². The van der Waals surface area contributed by atoms with Gasteiger partial charge in [0.1, 0.15) is 5.41 Å². The van der Waals surface area contributed by atoms with Crippen LogP contribution in [-0.4, -0.2) is 50.9 Å². The van der Waals surface area contributed by atoms with Gasteiger partial charge in [0.15, 0.2) is 0 Å². The molecule has 1 saturated heterocycles.